The number of anilines is 3. The van der Waals surface area contributed by atoms with Gasteiger partial charge in [0.2, 0.25) is 5.91 Å². The van der Waals surface area contributed by atoms with Crippen molar-refractivity contribution in [2.24, 2.45) is 0 Å². The molecule has 0 saturated carbocycles. The molecule has 0 radical (unpaired) electrons. The van der Waals surface area contributed by atoms with Gasteiger partial charge in [-0.2, -0.15) is 0 Å². The number of hydrogen-bond acceptors (Lipinski definition) is 3. The summed E-state index contributed by atoms with van der Waals surface area (Å²) < 4.78 is 0.943. The molecule has 20 heavy (non-hydrogen) atoms. The van der Waals surface area contributed by atoms with Gasteiger partial charge < -0.3 is 5.32 Å². The average Bonchev–Trinajstić information content (AvgIpc) is 2.76. The number of aromatic nitrogens is 1. The van der Waals surface area contributed by atoms with E-state index in [4.69, 9.17) is 0 Å². The highest BCUT2D eigenvalue weighted by atomic mass is 79.9. The lowest BCUT2D eigenvalue weighted by Gasteiger charge is -2.17. The van der Waals surface area contributed by atoms with E-state index in [9.17, 15) is 4.79 Å². The molecule has 0 atom stereocenters. The molecule has 1 aliphatic rings. The summed E-state index contributed by atoms with van der Waals surface area (Å²) in [6, 6.07) is 7.86. The second-order valence-corrected chi connectivity index (χ2v) is 5.65. The van der Waals surface area contributed by atoms with Gasteiger partial charge >= 0.3 is 0 Å². The zero-order valence-corrected chi connectivity index (χ0v) is 12.9. The number of amides is 1. The van der Waals surface area contributed by atoms with E-state index in [-0.39, 0.29) is 5.91 Å². The summed E-state index contributed by atoms with van der Waals surface area (Å²) in [7, 11) is 1.87. The van der Waals surface area contributed by atoms with Crippen LogP contribution in [0.2, 0.25) is 0 Å². The molecular formula is C15H14BrN3O. The van der Waals surface area contributed by atoms with Crippen molar-refractivity contribution in [1.82, 2.24) is 4.98 Å². The first kappa shape index (κ1) is 13.1. The fourth-order valence-corrected chi connectivity index (χ4v) is 2.59. The van der Waals surface area contributed by atoms with Crippen molar-refractivity contribution in [1.29, 1.82) is 0 Å². The maximum Gasteiger partial charge on any atom is 0.237 e. The molecule has 1 amide bonds. The standard InChI is InChI=1S/C15H14BrN3O/c1-9-5-14(18-8-12(9)16)19-13-4-3-11(17-2)6-10(13)7-15(19)20/h3-6,8,17H,7H2,1-2H3. The Morgan fingerprint density at radius 2 is 2.15 bits per heavy atom. The number of nitrogens with one attached hydrogen (secondary N) is 1. The molecule has 4 nitrogen and oxygen atoms in total. The predicted molar refractivity (Wildman–Crippen MR) is 83.5 cm³/mol. The van der Waals surface area contributed by atoms with Gasteiger partial charge in [0.25, 0.3) is 0 Å². The van der Waals surface area contributed by atoms with Crippen molar-refractivity contribution < 1.29 is 4.79 Å². The Labute approximate surface area is 126 Å². The van der Waals surface area contributed by atoms with Gasteiger partial charge in [-0.05, 0) is 58.2 Å². The first-order valence-corrected chi connectivity index (χ1v) is 7.15. The molecule has 0 bridgehead atoms. The Morgan fingerprint density at radius 3 is 2.85 bits per heavy atom. The van der Waals surface area contributed by atoms with Crippen molar-refractivity contribution in [2.75, 3.05) is 17.3 Å². The smallest absolute Gasteiger partial charge is 0.237 e. The molecule has 1 N–H and O–H groups in total. The third kappa shape index (κ3) is 2.08. The van der Waals surface area contributed by atoms with Gasteiger partial charge in [-0.15, -0.1) is 0 Å². The number of benzene rings is 1. The Bertz CT molecular complexity index is 700. The number of carbonyl (C=O) groups is 1. The Morgan fingerprint density at radius 1 is 1.35 bits per heavy atom. The number of aryl methyl sites for hydroxylation is 1. The van der Waals surface area contributed by atoms with Crippen molar-refractivity contribution in [3.63, 3.8) is 0 Å². The maximum atomic E-state index is 12.3. The number of hydrogen-bond donors (Lipinski definition) is 1. The van der Waals surface area contributed by atoms with Gasteiger partial charge in [0.1, 0.15) is 5.82 Å². The van der Waals surface area contributed by atoms with Crippen molar-refractivity contribution in [2.45, 2.75) is 13.3 Å². The summed E-state index contributed by atoms with van der Waals surface area (Å²) in [6.45, 7) is 1.99. The van der Waals surface area contributed by atoms with E-state index in [1.807, 2.05) is 38.2 Å². The zero-order valence-electron chi connectivity index (χ0n) is 11.3. The summed E-state index contributed by atoms with van der Waals surface area (Å²) in [4.78, 5) is 18.3. The van der Waals surface area contributed by atoms with E-state index in [1.54, 1.807) is 11.1 Å². The molecule has 2 aromatic rings. The van der Waals surface area contributed by atoms with Crippen molar-refractivity contribution in [3.05, 3.63) is 46.1 Å². The topological polar surface area (TPSA) is 45.2 Å². The molecule has 5 heteroatoms. The number of halogens is 1. The minimum absolute atomic E-state index is 0.0578. The van der Waals surface area contributed by atoms with E-state index < -0.39 is 0 Å². The number of rotatable bonds is 2. The lowest BCUT2D eigenvalue weighted by Crippen LogP contribution is -2.21. The van der Waals surface area contributed by atoms with Crippen molar-refractivity contribution in [3.8, 4) is 0 Å². The monoisotopic (exact) mass is 331 g/mol. The van der Waals surface area contributed by atoms with E-state index in [2.05, 4.69) is 26.2 Å². The molecule has 0 unspecified atom stereocenters. The van der Waals surface area contributed by atoms with Gasteiger partial charge in [-0.3, -0.25) is 9.69 Å². The van der Waals surface area contributed by atoms with Gasteiger partial charge in [-0.1, -0.05) is 0 Å². The lowest BCUT2D eigenvalue weighted by molar-refractivity contribution is -0.116. The van der Waals surface area contributed by atoms with E-state index >= 15 is 0 Å². The SMILES string of the molecule is CNc1ccc2c(c1)CC(=O)N2c1cc(C)c(Br)cn1. The van der Waals surface area contributed by atoms with Crippen molar-refractivity contribution >= 4 is 39.0 Å². The molecule has 1 aromatic heterocycles. The second-order valence-electron chi connectivity index (χ2n) is 4.79. The molecule has 0 fully saturated rings. The number of carbonyl (C=O) groups excluding carboxylic acids is 1. The highest BCUT2D eigenvalue weighted by Gasteiger charge is 2.29. The number of fused-ring (bicyclic) bond motifs is 1. The summed E-state index contributed by atoms with van der Waals surface area (Å²) in [6.07, 6.45) is 2.15. The van der Waals surface area contributed by atoms with Crippen LogP contribution in [-0.4, -0.2) is 17.9 Å². The molecule has 0 aliphatic carbocycles. The highest BCUT2D eigenvalue weighted by molar-refractivity contribution is 9.10. The van der Waals surface area contributed by atoms with E-state index in [0.29, 0.717) is 12.2 Å². The lowest BCUT2D eigenvalue weighted by atomic mass is 10.1. The van der Waals surface area contributed by atoms with E-state index in [1.165, 1.54) is 0 Å². The average molecular weight is 332 g/mol. The quantitative estimate of drug-likeness (QED) is 0.917. The summed E-state index contributed by atoms with van der Waals surface area (Å²) in [5.41, 5.74) is 4.02. The van der Waals surface area contributed by atoms with Gasteiger partial charge in [-0.25, -0.2) is 4.98 Å². The van der Waals surface area contributed by atoms with Crippen LogP contribution in [0.25, 0.3) is 0 Å². The first-order valence-electron chi connectivity index (χ1n) is 6.36. The molecule has 1 aliphatic heterocycles. The van der Waals surface area contributed by atoms with E-state index in [0.717, 1.165) is 27.0 Å². The normalized spacial score (nSPS) is 13.6. The zero-order chi connectivity index (χ0) is 14.3. The summed E-state index contributed by atoms with van der Waals surface area (Å²) in [5.74, 6) is 0.731. The van der Waals surface area contributed by atoms with Crippen LogP contribution in [0.1, 0.15) is 11.1 Å². The molecule has 2 heterocycles. The Hall–Kier alpha value is -1.88. The van der Waals surface area contributed by atoms with Crippen LogP contribution in [0, 0.1) is 6.92 Å². The van der Waals surface area contributed by atoms with Crippen LogP contribution in [0.4, 0.5) is 17.2 Å². The maximum absolute atomic E-state index is 12.3. The molecule has 0 spiro atoms. The van der Waals surface area contributed by atoms with Crippen LogP contribution in [-0.2, 0) is 11.2 Å². The van der Waals surface area contributed by atoms with Crippen LogP contribution < -0.4 is 10.2 Å². The minimum atomic E-state index is 0.0578. The minimum Gasteiger partial charge on any atom is -0.388 e. The first-order chi connectivity index (χ1) is 9.60. The molecule has 1 aromatic carbocycles. The molecule has 3 rings (SSSR count). The highest BCUT2D eigenvalue weighted by Crippen LogP contribution is 2.36. The Balaban J connectivity index is 2.07. The van der Waals surface area contributed by atoms with Crippen LogP contribution in [0.3, 0.4) is 0 Å². The van der Waals surface area contributed by atoms with Gasteiger partial charge in [0, 0.05) is 23.4 Å². The summed E-state index contributed by atoms with van der Waals surface area (Å²) in [5, 5.41) is 3.09. The fourth-order valence-electron chi connectivity index (χ4n) is 2.38. The second kappa shape index (κ2) is 4.90. The molecule has 102 valence electrons. The Kier molecular flexibility index (Phi) is 3.22. The largest absolute Gasteiger partial charge is 0.388 e. The third-order valence-corrected chi connectivity index (χ3v) is 4.29. The number of nitrogens with zero attached hydrogens (tertiary/aromatic N) is 2. The van der Waals surface area contributed by atoms with Gasteiger partial charge in [0.15, 0.2) is 0 Å². The predicted octanol–water partition coefficient (Wildman–Crippen LogP) is 3.42. The fraction of sp³-hybridized carbons (Fsp3) is 0.200. The number of pyridine rings is 1. The molecular weight excluding hydrogens is 318 g/mol. The van der Waals surface area contributed by atoms with Gasteiger partial charge in [0.05, 0.1) is 12.1 Å². The van der Waals surface area contributed by atoms with Crippen LogP contribution in [0.15, 0.2) is 34.9 Å². The summed E-state index contributed by atoms with van der Waals surface area (Å²) >= 11 is 3.43. The molecule has 0 saturated heterocycles. The van der Waals surface area contributed by atoms with Crippen LogP contribution in [0.5, 0.6) is 0 Å². The van der Waals surface area contributed by atoms with Crippen LogP contribution >= 0.6 is 15.9 Å². The third-order valence-electron chi connectivity index (χ3n) is 3.46.